The molecule has 3 rings (SSSR count). The highest BCUT2D eigenvalue weighted by atomic mass is 16.5. The third kappa shape index (κ3) is 3.10. The van der Waals surface area contributed by atoms with Gasteiger partial charge in [0.1, 0.15) is 11.4 Å². The molecule has 1 saturated carbocycles. The average Bonchev–Trinajstić information content (AvgIpc) is 3.28. The molecule has 0 atom stereocenters. The Balaban J connectivity index is 1.52. The van der Waals surface area contributed by atoms with Gasteiger partial charge < -0.3 is 14.7 Å². The van der Waals surface area contributed by atoms with Crippen LogP contribution in [-0.4, -0.2) is 41.2 Å². The zero-order valence-corrected chi connectivity index (χ0v) is 12.3. The summed E-state index contributed by atoms with van der Waals surface area (Å²) in [4.78, 5) is 13.7. The SMILES string of the molecule is CCOc1ccc(C=CC(=O)N2CC(O)(C3CC3)C2)cc1. The minimum atomic E-state index is -0.608. The van der Waals surface area contributed by atoms with Gasteiger partial charge in [-0.05, 0) is 49.5 Å². The molecule has 2 fully saturated rings. The highest BCUT2D eigenvalue weighted by Gasteiger charge is 2.52. The van der Waals surface area contributed by atoms with Gasteiger partial charge >= 0.3 is 0 Å². The Bertz CT molecular complexity index is 540. The lowest BCUT2D eigenvalue weighted by Crippen LogP contribution is -2.64. The van der Waals surface area contributed by atoms with Crippen LogP contribution >= 0.6 is 0 Å². The van der Waals surface area contributed by atoms with Gasteiger partial charge in [0.2, 0.25) is 5.91 Å². The Morgan fingerprint density at radius 2 is 2.05 bits per heavy atom. The monoisotopic (exact) mass is 287 g/mol. The van der Waals surface area contributed by atoms with E-state index in [1.165, 1.54) is 0 Å². The Kier molecular flexibility index (Phi) is 3.72. The molecule has 4 nitrogen and oxygen atoms in total. The molecule has 2 aliphatic rings. The molecule has 1 aromatic carbocycles. The van der Waals surface area contributed by atoms with E-state index in [1.807, 2.05) is 31.2 Å². The maximum atomic E-state index is 12.0. The fourth-order valence-electron chi connectivity index (χ4n) is 2.76. The lowest BCUT2D eigenvalue weighted by molar-refractivity contribution is -0.154. The maximum Gasteiger partial charge on any atom is 0.246 e. The van der Waals surface area contributed by atoms with Crippen molar-refractivity contribution in [1.82, 2.24) is 4.90 Å². The van der Waals surface area contributed by atoms with Gasteiger partial charge in [0.05, 0.1) is 19.7 Å². The van der Waals surface area contributed by atoms with Crippen LogP contribution in [0.5, 0.6) is 5.75 Å². The lowest BCUT2D eigenvalue weighted by atomic mass is 9.88. The molecule has 0 aromatic heterocycles. The summed E-state index contributed by atoms with van der Waals surface area (Å²) < 4.78 is 5.38. The predicted molar refractivity (Wildman–Crippen MR) is 80.9 cm³/mol. The van der Waals surface area contributed by atoms with Crippen molar-refractivity contribution < 1.29 is 14.6 Å². The summed E-state index contributed by atoms with van der Waals surface area (Å²) in [5, 5.41) is 10.2. The standard InChI is InChI=1S/C17H21NO3/c1-2-21-15-8-3-13(4-9-15)5-10-16(19)18-11-17(20,12-18)14-6-7-14/h3-5,8-10,14,20H,2,6-7,11-12H2,1H3. The molecule has 1 amide bonds. The molecule has 0 radical (unpaired) electrons. The summed E-state index contributed by atoms with van der Waals surface area (Å²) in [6.07, 6.45) is 5.57. The van der Waals surface area contributed by atoms with Crippen LogP contribution in [0.2, 0.25) is 0 Å². The van der Waals surface area contributed by atoms with Gasteiger partial charge in [-0.25, -0.2) is 0 Å². The van der Waals surface area contributed by atoms with E-state index in [1.54, 1.807) is 17.1 Å². The molecule has 0 spiro atoms. The highest BCUT2D eigenvalue weighted by molar-refractivity contribution is 5.92. The highest BCUT2D eigenvalue weighted by Crippen LogP contribution is 2.44. The van der Waals surface area contributed by atoms with Crippen molar-refractivity contribution in [1.29, 1.82) is 0 Å². The quantitative estimate of drug-likeness (QED) is 0.844. The summed E-state index contributed by atoms with van der Waals surface area (Å²) >= 11 is 0. The zero-order valence-electron chi connectivity index (χ0n) is 12.3. The number of hydrogen-bond donors (Lipinski definition) is 1. The maximum absolute atomic E-state index is 12.0. The van der Waals surface area contributed by atoms with Gasteiger partial charge in [0.25, 0.3) is 0 Å². The molecule has 0 bridgehead atoms. The van der Waals surface area contributed by atoms with Crippen molar-refractivity contribution in [3.05, 3.63) is 35.9 Å². The predicted octanol–water partition coefficient (Wildman–Crippen LogP) is 2.08. The fraction of sp³-hybridized carbons (Fsp3) is 0.471. The Hall–Kier alpha value is -1.81. The number of carbonyl (C=O) groups is 1. The number of likely N-dealkylation sites (tertiary alicyclic amines) is 1. The number of benzene rings is 1. The zero-order chi connectivity index (χ0) is 14.9. The minimum absolute atomic E-state index is 0.0331. The Labute approximate surface area is 125 Å². The van der Waals surface area contributed by atoms with Crippen LogP contribution in [0.1, 0.15) is 25.3 Å². The van der Waals surface area contributed by atoms with Crippen molar-refractivity contribution in [2.45, 2.75) is 25.4 Å². The van der Waals surface area contributed by atoms with Gasteiger partial charge in [-0.2, -0.15) is 0 Å². The Morgan fingerprint density at radius 1 is 1.38 bits per heavy atom. The van der Waals surface area contributed by atoms with Crippen molar-refractivity contribution in [2.75, 3.05) is 19.7 Å². The minimum Gasteiger partial charge on any atom is -0.494 e. The van der Waals surface area contributed by atoms with Crippen LogP contribution in [0.15, 0.2) is 30.3 Å². The van der Waals surface area contributed by atoms with Crippen LogP contribution in [0, 0.1) is 5.92 Å². The number of carbonyl (C=O) groups excluding carboxylic acids is 1. The second kappa shape index (κ2) is 5.53. The van der Waals surface area contributed by atoms with Gasteiger partial charge in [0.15, 0.2) is 0 Å². The summed E-state index contributed by atoms with van der Waals surface area (Å²) in [7, 11) is 0. The molecule has 4 heteroatoms. The Morgan fingerprint density at radius 3 is 2.62 bits per heavy atom. The van der Waals surface area contributed by atoms with E-state index >= 15 is 0 Å². The second-order valence-corrected chi connectivity index (χ2v) is 5.91. The van der Waals surface area contributed by atoms with Crippen molar-refractivity contribution >= 4 is 12.0 Å². The first-order valence-corrected chi connectivity index (χ1v) is 7.53. The first-order chi connectivity index (χ1) is 10.1. The number of β-amino-alcohol motifs (C(OH)–C–C–N with tert-alkyl or cyclic N) is 1. The topological polar surface area (TPSA) is 49.8 Å². The van der Waals surface area contributed by atoms with Crippen LogP contribution in [0.4, 0.5) is 0 Å². The molecule has 1 N–H and O–H groups in total. The van der Waals surface area contributed by atoms with E-state index in [0.717, 1.165) is 24.2 Å². The average molecular weight is 287 g/mol. The number of ether oxygens (including phenoxy) is 1. The van der Waals surface area contributed by atoms with E-state index in [4.69, 9.17) is 4.74 Å². The summed E-state index contributed by atoms with van der Waals surface area (Å²) in [6.45, 7) is 3.54. The van der Waals surface area contributed by atoms with Crippen molar-refractivity contribution in [2.24, 2.45) is 5.92 Å². The second-order valence-electron chi connectivity index (χ2n) is 5.91. The van der Waals surface area contributed by atoms with Gasteiger partial charge in [-0.1, -0.05) is 12.1 Å². The van der Waals surface area contributed by atoms with Gasteiger partial charge in [-0.15, -0.1) is 0 Å². The number of nitrogens with zero attached hydrogens (tertiary/aromatic N) is 1. The van der Waals surface area contributed by atoms with E-state index in [9.17, 15) is 9.90 Å². The van der Waals surface area contributed by atoms with E-state index < -0.39 is 5.60 Å². The molecule has 1 aromatic rings. The number of hydrogen-bond acceptors (Lipinski definition) is 3. The van der Waals surface area contributed by atoms with Crippen molar-refractivity contribution in [3.63, 3.8) is 0 Å². The number of amides is 1. The third-order valence-electron chi connectivity index (χ3n) is 4.19. The molecule has 1 aliphatic carbocycles. The lowest BCUT2D eigenvalue weighted by Gasteiger charge is -2.46. The summed E-state index contributed by atoms with van der Waals surface area (Å²) in [5.41, 5.74) is 0.354. The molecular formula is C17H21NO3. The van der Waals surface area contributed by atoms with Crippen LogP contribution < -0.4 is 4.74 Å². The van der Waals surface area contributed by atoms with Gasteiger partial charge in [-0.3, -0.25) is 4.79 Å². The smallest absolute Gasteiger partial charge is 0.246 e. The fourth-order valence-corrected chi connectivity index (χ4v) is 2.76. The number of rotatable bonds is 5. The normalized spacial score (nSPS) is 20.4. The number of aliphatic hydroxyl groups is 1. The molecule has 21 heavy (non-hydrogen) atoms. The van der Waals surface area contributed by atoms with E-state index in [0.29, 0.717) is 25.6 Å². The van der Waals surface area contributed by atoms with E-state index in [-0.39, 0.29) is 5.91 Å². The first-order valence-electron chi connectivity index (χ1n) is 7.53. The summed E-state index contributed by atoms with van der Waals surface area (Å²) in [5.74, 6) is 1.21. The molecule has 112 valence electrons. The molecule has 0 unspecified atom stereocenters. The van der Waals surface area contributed by atoms with Crippen LogP contribution in [-0.2, 0) is 4.79 Å². The van der Waals surface area contributed by atoms with E-state index in [2.05, 4.69) is 0 Å². The van der Waals surface area contributed by atoms with Crippen LogP contribution in [0.25, 0.3) is 6.08 Å². The third-order valence-corrected chi connectivity index (χ3v) is 4.19. The molecule has 1 aliphatic heterocycles. The molecule has 1 heterocycles. The van der Waals surface area contributed by atoms with Crippen LogP contribution in [0.3, 0.4) is 0 Å². The van der Waals surface area contributed by atoms with Gasteiger partial charge in [0, 0.05) is 6.08 Å². The van der Waals surface area contributed by atoms with Crippen molar-refractivity contribution in [3.8, 4) is 5.75 Å². The largest absolute Gasteiger partial charge is 0.494 e. The molecule has 1 saturated heterocycles. The molecular weight excluding hydrogens is 266 g/mol. The first kappa shape index (κ1) is 14.1. The summed E-state index contributed by atoms with van der Waals surface area (Å²) in [6, 6.07) is 7.63.